The minimum Gasteiger partial charge on any atom is -0.333 e. The van der Waals surface area contributed by atoms with E-state index in [0.717, 1.165) is 16.9 Å². The minimum atomic E-state index is -3.62. The molecule has 5 nitrogen and oxygen atoms in total. The Morgan fingerprint density at radius 1 is 1.03 bits per heavy atom. The molecule has 0 saturated carbocycles. The van der Waals surface area contributed by atoms with E-state index in [1.54, 1.807) is 35.3 Å². The highest BCUT2D eigenvalue weighted by Gasteiger charge is 2.20. The van der Waals surface area contributed by atoms with Crippen molar-refractivity contribution >= 4 is 27.3 Å². The molecule has 3 rings (SSSR count). The van der Waals surface area contributed by atoms with Gasteiger partial charge in [0.05, 0.1) is 11.4 Å². The van der Waals surface area contributed by atoms with E-state index < -0.39 is 10.0 Å². The smallest absolute Gasteiger partial charge is 0.254 e. The molecule has 2 aromatic carbocycles. The van der Waals surface area contributed by atoms with Crippen LogP contribution in [0, 0.1) is 0 Å². The largest absolute Gasteiger partial charge is 0.333 e. The highest BCUT2D eigenvalue weighted by molar-refractivity contribution is 7.89. The molecule has 0 bridgehead atoms. The summed E-state index contributed by atoms with van der Waals surface area (Å²) in [4.78, 5) is 16.2. The van der Waals surface area contributed by atoms with E-state index in [2.05, 4.69) is 4.72 Å². The fourth-order valence-electron chi connectivity index (χ4n) is 3.00. The van der Waals surface area contributed by atoms with Crippen molar-refractivity contribution in [2.75, 3.05) is 13.1 Å². The van der Waals surface area contributed by atoms with Crippen LogP contribution in [0.25, 0.3) is 0 Å². The average molecular weight is 429 g/mol. The zero-order valence-electron chi connectivity index (χ0n) is 16.2. The van der Waals surface area contributed by atoms with Crippen LogP contribution in [-0.4, -0.2) is 32.3 Å². The molecule has 0 fully saturated rings. The molecule has 152 valence electrons. The van der Waals surface area contributed by atoms with Gasteiger partial charge in [-0.15, -0.1) is 11.3 Å². The van der Waals surface area contributed by atoms with Gasteiger partial charge in [0.15, 0.2) is 0 Å². The summed E-state index contributed by atoms with van der Waals surface area (Å²) in [7, 11) is -3.62. The maximum Gasteiger partial charge on any atom is 0.254 e. The number of nitrogens with zero attached hydrogens (tertiary/aromatic N) is 1. The lowest BCUT2D eigenvalue weighted by Crippen LogP contribution is -2.32. The number of carbonyl (C=O) groups is 1. The third kappa shape index (κ3) is 5.76. The lowest BCUT2D eigenvalue weighted by molar-refractivity contribution is 0.0746. The van der Waals surface area contributed by atoms with Crippen LogP contribution >= 0.6 is 11.3 Å². The first-order valence-corrected chi connectivity index (χ1v) is 11.8. The SMILES string of the molecule is CCNS(=O)(=O)c1cccc(C(=O)N(CCc2ccccc2)Cc2cccs2)c1. The molecular formula is C22H24N2O3S2. The van der Waals surface area contributed by atoms with Crippen LogP contribution in [0.5, 0.6) is 0 Å². The molecule has 1 aromatic heterocycles. The third-order valence-corrected chi connectivity index (χ3v) is 6.86. The fourth-order valence-corrected chi connectivity index (χ4v) is 4.81. The Kier molecular flexibility index (Phi) is 7.19. The van der Waals surface area contributed by atoms with Crippen molar-refractivity contribution in [3.05, 3.63) is 88.1 Å². The van der Waals surface area contributed by atoms with E-state index in [-0.39, 0.29) is 10.8 Å². The summed E-state index contributed by atoms with van der Waals surface area (Å²) in [5.74, 6) is -0.178. The van der Waals surface area contributed by atoms with E-state index in [9.17, 15) is 13.2 Å². The molecule has 0 unspecified atom stereocenters. The first-order valence-electron chi connectivity index (χ1n) is 9.45. The normalized spacial score (nSPS) is 11.3. The Balaban J connectivity index is 1.83. The van der Waals surface area contributed by atoms with Crippen LogP contribution in [-0.2, 0) is 23.0 Å². The predicted octanol–water partition coefficient (Wildman–Crippen LogP) is 3.93. The van der Waals surface area contributed by atoms with Crippen LogP contribution in [0.1, 0.15) is 27.7 Å². The van der Waals surface area contributed by atoms with Crippen LogP contribution in [0.3, 0.4) is 0 Å². The molecular weight excluding hydrogens is 404 g/mol. The number of rotatable bonds is 9. The Morgan fingerprint density at radius 2 is 1.83 bits per heavy atom. The van der Waals surface area contributed by atoms with Gasteiger partial charge >= 0.3 is 0 Å². The van der Waals surface area contributed by atoms with Gasteiger partial charge in [0.2, 0.25) is 10.0 Å². The second-order valence-electron chi connectivity index (χ2n) is 6.57. The van der Waals surface area contributed by atoms with E-state index in [0.29, 0.717) is 25.2 Å². The molecule has 29 heavy (non-hydrogen) atoms. The number of thiophene rings is 1. The van der Waals surface area contributed by atoms with Crippen LogP contribution in [0.4, 0.5) is 0 Å². The molecule has 0 spiro atoms. The van der Waals surface area contributed by atoms with Crippen LogP contribution in [0.15, 0.2) is 77.0 Å². The van der Waals surface area contributed by atoms with Crippen molar-refractivity contribution in [3.8, 4) is 0 Å². The monoisotopic (exact) mass is 428 g/mol. The maximum atomic E-state index is 13.2. The summed E-state index contributed by atoms with van der Waals surface area (Å²) in [6, 6.07) is 20.2. The molecule has 0 radical (unpaired) electrons. The quantitative estimate of drug-likeness (QED) is 0.562. The van der Waals surface area contributed by atoms with E-state index in [1.165, 1.54) is 12.1 Å². The number of hydrogen-bond acceptors (Lipinski definition) is 4. The summed E-state index contributed by atoms with van der Waals surface area (Å²) >= 11 is 1.60. The lowest BCUT2D eigenvalue weighted by atomic mass is 10.1. The van der Waals surface area contributed by atoms with Gasteiger partial charge in [-0.2, -0.15) is 0 Å². The summed E-state index contributed by atoms with van der Waals surface area (Å²) < 4.78 is 27.1. The number of sulfonamides is 1. The van der Waals surface area contributed by atoms with Gasteiger partial charge in [0, 0.05) is 23.5 Å². The molecule has 3 aromatic rings. The number of carbonyl (C=O) groups excluding carboxylic acids is 1. The first-order chi connectivity index (χ1) is 14.0. The Labute approximate surface area is 176 Å². The summed E-state index contributed by atoms with van der Waals surface area (Å²) in [6.07, 6.45) is 0.729. The van der Waals surface area contributed by atoms with Crippen molar-refractivity contribution in [3.63, 3.8) is 0 Å². The second kappa shape index (κ2) is 9.82. The highest BCUT2D eigenvalue weighted by atomic mass is 32.2. The zero-order chi connectivity index (χ0) is 20.7. The van der Waals surface area contributed by atoms with Crippen molar-refractivity contribution in [2.45, 2.75) is 24.8 Å². The van der Waals surface area contributed by atoms with E-state index in [1.807, 2.05) is 47.8 Å². The van der Waals surface area contributed by atoms with Crippen LogP contribution < -0.4 is 4.72 Å². The summed E-state index contributed by atoms with van der Waals surface area (Å²) in [5, 5.41) is 1.98. The predicted molar refractivity (Wildman–Crippen MR) is 117 cm³/mol. The molecule has 0 atom stereocenters. The van der Waals surface area contributed by atoms with Gasteiger partial charge in [-0.05, 0) is 41.6 Å². The molecule has 1 amide bonds. The molecule has 0 aliphatic heterocycles. The minimum absolute atomic E-state index is 0.101. The van der Waals surface area contributed by atoms with E-state index in [4.69, 9.17) is 0 Å². The number of amides is 1. The van der Waals surface area contributed by atoms with Gasteiger partial charge in [0.25, 0.3) is 5.91 Å². The number of hydrogen-bond donors (Lipinski definition) is 1. The summed E-state index contributed by atoms with van der Waals surface area (Å²) in [6.45, 7) is 3.05. The molecule has 0 saturated heterocycles. The first kappa shape index (κ1) is 21.2. The van der Waals surface area contributed by atoms with Crippen LogP contribution in [0.2, 0.25) is 0 Å². The standard InChI is InChI=1S/C22H24N2O3S2/c1-2-23-29(26,27)21-12-6-10-19(16-21)22(25)24(17-20-11-7-15-28-20)14-13-18-8-4-3-5-9-18/h3-12,15-16,23H,2,13-14,17H2,1H3. The van der Waals surface area contributed by atoms with Gasteiger partial charge in [-0.1, -0.05) is 49.4 Å². The Morgan fingerprint density at radius 3 is 2.52 bits per heavy atom. The molecule has 1 heterocycles. The number of nitrogens with one attached hydrogen (secondary N) is 1. The molecule has 0 aliphatic carbocycles. The van der Waals surface area contributed by atoms with Crippen molar-refractivity contribution < 1.29 is 13.2 Å². The van der Waals surface area contributed by atoms with Crippen molar-refractivity contribution in [1.29, 1.82) is 0 Å². The Hall–Kier alpha value is -2.48. The lowest BCUT2D eigenvalue weighted by Gasteiger charge is -2.23. The number of benzene rings is 2. The third-order valence-electron chi connectivity index (χ3n) is 4.45. The fraction of sp³-hybridized carbons (Fsp3) is 0.227. The Bertz CT molecular complexity index is 1030. The van der Waals surface area contributed by atoms with E-state index >= 15 is 0 Å². The van der Waals surface area contributed by atoms with Crippen molar-refractivity contribution in [2.24, 2.45) is 0 Å². The van der Waals surface area contributed by atoms with Gasteiger partial charge in [0.1, 0.15) is 0 Å². The maximum absolute atomic E-state index is 13.2. The van der Waals surface area contributed by atoms with Crippen molar-refractivity contribution in [1.82, 2.24) is 9.62 Å². The van der Waals surface area contributed by atoms with Gasteiger partial charge in [-0.25, -0.2) is 13.1 Å². The average Bonchev–Trinajstić information content (AvgIpc) is 3.24. The molecule has 0 aliphatic rings. The van der Waals surface area contributed by atoms with Gasteiger partial charge in [-0.3, -0.25) is 4.79 Å². The second-order valence-corrected chi connectivity index (χ2v) is 9.37. The summed E-state index contributed by atoms with van der Waals surface area (Å²) in [5.41, 5.74) is 1.52. The molecule has 7 heteroatoms. The van der Waals surface area contributed by atoms with Gasteiger partial charge < -0.3 is 4.90 Å². The topological polar surface area (TPSA) is 66.5 Å². The highest BCUT2D eigenvalue weighted by Crippen LogP contribution is 2.18. The zero-order valence-corrected chi connectivity index (χ0v) is 17.9. The molecule has 1 N–H and O–H groups in total.